The van der Waals surface area contributed by atoms with E-state index in [9.17, 15) is 13.2 Å². The maximum absolute atomic E-state index is 12.5. The van der Waals surface area contributed by atoms with Crippen LogP contribution < -0.4 is 0 Å². The van der Waals surface area contributed by atoms with Crippen molar-refractivity contribution in [1.82, 2.24) is 14.2 Å². The molecule has 0 radical (unpaired) electrons. The van der Waals surface area contributed by atoms with E-state index in [1.165, 1.54) is 10.5 Å². The van der Waals surface area contributed by atoms with Crippen LogP contribution in [0.3, 0.4) is 0 Å². The number of carbonyl (C=O) groups excluding carboxylic acids is 1. The molecule has 0 bridgehead atoms. The lowest BCUT2D eigenvalue weighted by molar-refractivity contribution is 0.0697. The molecule has 2 heterocycles. The number of aromatic nitrogens is 1. The first kappa shape index (κ1) is 16.6. The van der Waals surface area contributed by atoms with E-state index in [1.54, 1.807) is 35.4 Å². The van der Waals surface area contributed by atoms with Crippen molar-refractivity contribution in [3.63, 3.8) is 0 Å². The van der Waals surface area contributed by atoms with Crippen LogP contribution in [0.1, 0.15) is 15.9 Å². The molecule has 2 aromatic rings. The second kappa shape index (κ2) is 7.11. The molecule has 1 aromatic heterocycles. The van der Waals surface area contributed by atoms with Gasteiger partial charge in [-0.25, -0.2) is 8.42 Å². The minimum absolute atomic E-state index is 0.00953. The average molecular weight is 345 g/mol. The van der Waals surface area contributed by atoms with Gasteiger partial charge in [-0.15, -0.1) is 0 Å². The zero-order valence-electron chi connectivity index (χ0n) is 13.2. The summed E-state index contributed by atoms with van der Waals surface area (Å²) in [5, 5.41) is 0. The average Bonchev–Trinajstić information content (AvgIpc) is 2.62. The van der Waals surface area contributed by atoms with Gasteiger partial charge in [0.25, 0.3) is 5.91 Å². The third kappa shape index (κ3) is 3.80. The highest BCUT2D eigenvalue weighted by Crippen LogP contribution is 2.15. The van der Waals surface area contributed by atoms with E-state index in [-0.39, 0.29) is 11.7 Å². The number of nitrogens with zero attached hydrogens (tertiary/aromatic N) is 3. The van der Waals surface area contributed by atoms with Gasteiger partial charge in [0.15, 0.2) is 0 Å². The summed E-state index contributed by atoms with van der Waals surface area (Å²) in [6, 6.07) is 12.6. The van der Waals surface area contributed by atoms with Crippen molar-refractivity contribution in [3.8, 4) is 0 Å². The molecule has 1 fully saturated rings. The van der Waals surface area contributed by atoms with E-state index in [2.05, 4.69) is 4.98 Å². The standard InChI is InChI=1S/C17H19N3O3S/c21-17(16-7-4-8-18-13-16)19-9-11-20(12-10-19)24(22,23)14-15-5-2-1-3-6-15/h1-8,13H,9-12,14H2. The van der Waals surface area contributed by atoms with Crippen molar-refractivity contribution in [1.29, 1.82) is 0 Å². The summed E-state index contributed by atoms with van der Waals surface area (Å²) in [7, 11) is -3.37. The Bertz CT molecular complexity index is 786. The Morgan fingerprint density at radius 1 is 1.00 bits per heavy atom. The number of carbonyl (C=O) groups is 1. The lowest BCUT2D eigenvalue weighted by Gasteiger charge is -2.34. The Hall–Kier alpha value is -2.25. The number of sulfonamides is 1. The van der Waals surface area contributed by atoms with Crippen molar-refractivity contribution in [2.24, 2.45) is 0 Å². The minimum atomic E-state index is -3.37. The van der Waals surface area contributed by atoms with Crippen LogP contribution in [-0.2, 0) is 15.8 Å². The van der Waals surface area contributed by atoms with Crippen LogP contribution >= 0.6 is 0 Å². The van der Waals surface area contributed by atoms with Gasteiger partial charge in [-0.1, -0.05) is 30.3 Å². The predicted molar refractivity (Wildman–Crippen MR) is 90.8 cm³/mol. The molecule has 1 aromatic carbocycles. The number of hydrogen-bond acceptors (Lipinski definition) is 4. The second-order valence-electron chi connectivity index (χ2n) is 5.67. The molecular weight excluding hydrogens is 326 g/mol. The molecule has 6 nitrogen and oxygen atoms in total. The first-order valence-corrected chi connectivity index (χ1v) is 9.38. The van der Waals surface area contributed by atoms with Crippen molar-refractivity contribution >= 4 is 15.9 Å². The molecule has 1 aliphatic rings. The Morgan fingerprint density at radius 2 is 1.71 bits per heavy atom. The summed E-state index contributed by atoms with van der Waals surface area (Å²) in [5.41, 5.74) is 1.30. The molecule has 0 aliphatic carbocycles. The summed E-state index contributed by atoms with van der Waals surface area (Å²) in [4.78, 5) is 18.0. The fourth-order valence-electron chi connectivity index (χ4n) is 2.72. The van der Waals surface area contributed by atoms with Gasteiger partial charge >= 0.3 is 0 Å². The van der Waals surface area contributed by atoms with E-state index >= 15 is 0 Å². The van der Waals surface area contributed by atoms with E-state index in [4.69, 9.17) is 0 Å². The molecule has 24 heavy (non-hydrogen) atoms. The van der Waals surface area contributed by atoms with Crippen LogP contribution in [0.2, 0.25) is 0 Å². The molecule has 1 amide bonds. The first-order chi connectivity index (χ1) is 11.6. The Labute approximate surface area is 141 Å². The summed E-state index contributed by atoms with van der Waals surface area (Å²) in [5.74, 6) is -0.118. The highest BCUT2D eigenvalue weighted by atomic mass is 32.2. The van der Waals surface area contributed by atoms with Crippen LogP contribution in [-0.4, -0.2) is 54.7 Å². The zero-order chi connectivity index (χ0) is 17.0. The van der Waals surface area contributed by atoms with Crippen LogP contribution in [0.4, 0.5) is 0 Å². The lowest BCUT2D eigenvalue weighted by atomic mass is 10.2. The molecule has 0 unspecified atom stereocenters. The van der Waals surface area contributed by atoms with Gasteiger partial charge < -0.3 is 4.90 Å². The van der Waals surface area contributed by atoms with Gasteiger partial charge in [0.05, 0.1) is 11.3 Å². The summed E-state index contributed by atoms with van der Waals surface area (Å²) < 4.78 is 26.5. The van der Waals surface area contributed by atoms with Crippen LogP contribution in [0, 0.1) is 0 Å². The zero-order valence-corrected chi connectivity index (χ0v) is 14.0. The number of benzene rings is 1. The summed E-state index contributed by atoms with van der Waals surface area (Å²) in [6.07, 6.45) is 3.14. The molecule has 0 N–H and O–H groups in total. The Balaban J connectivity index is 1.61. The molecule has 3 rings (SSSR count). The van der Waals surface area contributed by atoms with Gasteiger partial charge in [0.1, 0.15) is 0 Å². The van der Waals surface area contributed by atoms with E-state index in [1.807, 2.05) is 18.2 Å². The quantitative estimate of drug-likeness (QED) is 0.839. The van der Waals surface area contributed by atoms with Crippen molar-refractivity contribution in [2.75, 3.05) is 26.2 Å². The molecule has 1 aliphatic heterocycles. The number of amides is 1. The molecule has 0 atom stereocenters. The topological polar surface area (TPSA) is 70.6 Å². The molecular formula is C17H19N3O3S. The third-order valence-corrected chi connectivity index (χ3v) is 5.87. The van der Waals surface area contributed by atoms with Gasteiger partial charge in [-0.2, -0.15) is 4.31 Å². The highest BCUT2D eigenvalue weighted by Gasteiger charge is 2.29. The van der Waals surface area contributed by atoms with Gasteiger partial charge in [0.2, 0.25) is 10.0 Å². The second-order valence-corrected chi connectivity index (χ2v) is 7.64. The van der Waals surface area contributed by atoms with E-state index in [0.29, 0.717) is 31.7 Å². The fraction of sp³-hybridized carbons (Fsp3) is 0.294. The van der Waals surface area contributed by atoms with Crippen LogP contribution in [0.15, 0.2) is 54.9 Å². The maximum atomic E-state index is 12.5. The first-order valence-electron chi connectivity index (χ1n) is 7.77. The maximum Gasteiger partial charge on any atom is 0.255 e. The number of hydrogen-bond donors (Lipinski definition) is 0. The molecule has 7 heteroatoms. The fourth-order valence-corrected chi connectivity index (χ4v) is 4.23. The smallest absolute Gasteiger partial charge is 0.255 e. The molecule has 0 saturated carbocycles. The summed E-state index contributed by atoms with van der Waals surface area (Å²) >= 11 is 0. The van der Waals surface area contributed by atoms with Crippen molar-refractivity contribution in [2.45, 2.75) is 5.75 Å². The largest absolute Gasteiger partial charge is 0.336 e. The molecule has 0 spiro atoms. The number of rotatable bonds is 4. The third-order valence-electron chi connectivity index (χ3n) is 4.02. The Morgan fingerprint density at radius 3 is 2.33 bits per heavy atom. The lowest BCUT2D eigenvalue weighted by Crippen LogP contribution is -2.50. The summed E-state index contributed by atoms with van der Waals surface area (Å²) in [6.45, 7) is 1.42. The van der Waals surface area contributed by atoms with Gasteiger partial charge in [0, 0.05) is 38.6 Å². The minimum Gasteiger partial charge on any atom is -0.336 e. The van der Waals surface area contributed by atoms with Gasteiger partial charge in [-0.3, -0.25) is 9.78 Å². The normalized spacial score (nSPS) is 16.1. The number of pyridine rings is 1. The Kier molecular flexibility index (Phi) is 4.92. The number of piperazine rings is 1. The SMILES string of the molecule is O=C(c1cccnc1)N1CCN(S(=O)(=O)Cc2ccccc2)CC1. The van der Waals surface area contributed by atoms with E-state index in [0.717, 1.165) is 5.56 Å². The van der Waals surface area contributed by atoms with Crippen LogP contribution in [0.25, 0.3) is 0 Å². The van der Waals surface area contributed by atoms with Crippen molar-refractivity contribution < 1.29 is 13.2 Å². The van der Waals surface area contributed by atoms with Crippen LogP contribution in [0.5, 0.6) is 0 Å². The van der Waals surface area contributed by atoms with E-state index < -0.39 is 10.0 Å². The predicted octanol–water partition coefficient (Wildman–Crippen LogP) is 1.37. The monoisotopic (exact) mass is 345 g/mol. The highest BCUT2D eigenvalue weighted by molar-refractivity contribution is 7.88. The molecule has 126 valence electrons. The molecule has 1 saturated heterocycles. The van der Waals surface area contributed by atoms with Gasteiger partial charge in [-0.05, 0) is 17.7 Å². The van der Waals surface area contributed by atoms with Crippen molar-refractivity contribution in [3.05, 3.63) is 66.0 Å².